The molecular formula is C25H18ClF5NNaO3. The molecule has 0 fully saturated rings. The van der Waals surface area contributed by atoms with E-state index in [1.165, 1.54) is 18.3 Å². The van der Waals surface area contributed by atoms with Crippen LogP contribution in [-0.4, -0.2) is 45.6 Å². The zero-order chi connectivity index (χ0) is 25.3. The van der Waals surface area contributed by atoms with E-state index < -0.39 is 36.0 Å². The van der Waals surface area contributed by atoms with Gasteiger partial charge in [-0.25, -0.2) is 18.6 Å². The van der Waals surface area contributed by atoms with Crippen LogP contribution < -0.4 is 4.74 Å². The molecule has 0 atom stereocenters. The number of aromatic carboxylic acids is 1. The van der Waals surface area contributed by atoms with Gasteiger partial charge in [0.05, 0.1) is 16.1 Å². The second-order valence-electron chi connectivity index (χ2n) is 7.94. The van der Waals surface area contributed by atoms with Crippen molar-refractivity contribution >= 4 is 58.3 Å². The number of pyridine rings is 1. The molecule has 2 aromatic carbocycles. The number of halogens is 6. The summed E-state index contributed by atoms with van der Waals surface area (Å²) in [5.74, 6) is -2.97. The van der Waals surface area contributed by atoms with Gasteiger partial charge >= 0.3 is 41.7 Å². The molecule has 0 amide bonds. The number of carboxylic acids is 1. The van der Waals surface area contributed by atoms with Crippen LogP contribution in [0.2, 0.25) is 5.02 Å². The molecule has 0 saturated carbocycles. The van der Waals surface area contributed by atoms with Crippen LogP contribution in [0.15, 0.2) is 48.7 Å². The van der Waals surface area contributed by atoms with Gasteiger partial charge < -0.3 is 9.84 Å². The predicted octanol–water partition coefficient (Wildman–Crippen LogP) is 6.76. The first-order chi connectivity index (χ1) is 16.5. The molecule has 1 aromatic heterocycles. The maximum absolute atomic E-state index is 14.3. The van der Waals surface area contributed by atoms with Gasteiger partial charge in [-0.15, -0.1) is 0 Å². The van der Waals surface area contributed by atoms with Crippen molar-refractivity contribution in [2.75, 3.05) is 0 Å². The molecule has 4 rings (SSSR count). The van der Waals surface area contributed by atoms with Gasteiger partial charge in [0.1, 0.15) is 18.2 Å². The minimum atomic E-state index is -4.67. The van der Waals surface area contributed by atoms with Gasteiger partial charge in [-0.3, -0.25) is 0 Å². The quantitative estimate of drug-likeness (QED) is 0.281. The second-order valence-corrected chi connectivity index (χ2v) is 8.38. The zero-order valence-electron chi connectivity index (χ0n) is 17.9. The van der Waals surface area contributed by atoms with Crippen molar-refractivity contribution in [2.45, 2.75) is 32.0 Å². The molecule has 0 spiro atoms. The molecular weight excluding hydrogens is 516 g/mol. The van der Waals surface area contributed by atoms with Crippen LogP contribution in [0.3, 0.4) is 0 Å². The van der Waals surface area contributed by atoms with E-state index in [4.69, 9.17) is 16.3 Å². The summed E-state index contributed by atoms with van der Waals surface area (Å²) in [6.45, 7) is -0.392. The molecule has 1 aliphatic rings. The Morgan fingerprint density at radius 3 is 2.44 bits per heavy atom. The third-order valence-corrected chi connectivity index (χ3v) is 5.81. The standard InChI is InChI=1S/C25H17ClF5NO3.Na.H/c26-17-10-21(20-3-1-2-19(20)14-6-15(24(33)34)8-18(27)7-14)23(32-11-17)35-12-13-4-5-16(9-22(13)28)25(29,30)31;;/h4-11H,1-3,12H2,(H,33,34);;. The Morgan fingerprint density at radius 2 is 1.78 bits per heavy atom. The Hall–Kier alpha value is -2.46. The average Bonchev–Trinajstić information content (AvgIpc) is 3.27. The van der Waals surface area contributed by atoms with E-state index in [0.717, 1.165) is 18.2 Å². The van der Waals surface area contributed by atoms with E-state index in [0.29, 0.717) is 47.6 Å². The summed E-state index contributed by atoms with van der Waals surface area (Å²) in [6.07, 6.45) is -1.58. The minimum absolute atomic E-state index is 0. The third-order valence-electron chi connectivity index (χ3n) is 5.60. The van der Waals surface area contributed by atoms with Crippen LogP contribution in [0.5, 0.6) is 5.88 Å². The molecule has 0 unspecified atom stereocenters. The van der Waals surface area contributed by atoms with Crippen LogP contribution in [0, 0.1) is 11.6 Å². The molecule has 0 bridgehead atoms. The van der Waals surface area contributed by atoms with Crippen LogP contribution >= 0.6 is 11.6 Å². The normalized spacial score (nSPS) is 13.5. The number of nitrogens with zero attached hydrogens (tertiary/aromatic N) is 1. The number of hydrogen-bond donors (Lipinski definition) is 1. The number of carbonyl (C=O) groups is 1. The van der Waals surface area contributed by atoms with Gasteiger partial charge in [0, 0.05) is 17.3 Å². The third kappa shape index (κ3) is 6.26. The fourth-order valence-corrected chi connectivity index (χ4v) is 4.15. The summed E-state index contributed by atoms with van der Waals surface area (Å²) in [5, 5.41) is 9.55. The first-order valence-electron chi connectivity index (χ1n) is 10.4. The number of rotatable bonds is 6. The molecule has 184 valence electrons. The first kappa shape index (κ1) is 28.1. The van der Waals surface area contributed by atoms with Crippen LogP contribution in [0.1, 0.15) is 51.9 Å². The van der Waals surface area contributed by atoms with E-state index in [9.17, 15) is 31.9 Å². The number of hydrogen-bond acceptors (Lipinski definition) is 3. The number of aromatic nitrogens is 1. The van der Waals surface area contributed by atoms with Crippen molar-refractivity contribution in [1.29, 1.82) is 0 Å². The molecule has 0 saturated heterocycles. The topological polar surface area (TPSA) is 59.4 Å². The Morgan fingerprint density at radius 1 is 1.06 bits per heavy atom. The van der Waals surface area contributed by atoms with E-state index >= 15 is 0 Å². The Balaban J connectivity index is 0.00000361. The molecule has 0 aliphatic heterocycles. The van der Waals surface area contributed by atoms with Gasteiger partial charge in [-0.2, -0.15) is 13.2 Å². The average molecular weight is 534 g/mol. The molecule has 4 nitrogen and oxygen atoms in total. The first-order valence-corrected chi connectivity index (χ1v) is 10.8. The zero-order valence-corrected chi connectivity index (χ0v) is 18.7. The molecule has 36 heavy (non-hydrogen) atoms. The summed E-state index contributed by atoms with van der Waals surface area (Å²) in [7, 11) is 0. The summed E-state index contributed by atoms with van der Waals surface area (Å²) >= 11 is 6.14. The van der Waals surface area contributed by atoms with Gasteiger partial charge in [-0.1, -0.05) is 17.7 Å². The van der Waals surface area contributed by atoms with Crippen molar-refractivity contribution in [3.63, 3.8) is 0 Å². The number of allylic oxidation sites excluding steroid dienone is 2. The fourth-order valence-electron chi connectivity index (χ4n) is 3.99. The number of carboxylic acid groups (broad SMARTS) is 1. The maximum atomic E-state index is 14.3. The van der Waals surface area contributed by atoms with Crippen molar-refractivity contribution in [3.05, 3.63) is 93.1 Å². The molecule has 1 heterocycles. The molecule has 3 aromatic rings. The Labute approximate surface area is 230 Å². The fraction of sp³-hybridized carbons (Fsp3) is 0.200. The van der Waals surface area contributed by atoms with E-state index in [1.807, 2.05) is 0 Å². The molecule has 0 radical (unpaired) electrons. The van der Waals surface area contributed by atoms with Gasteiger partial charge in [0.25, 0.3) is 0 Å². The van der Waals surface area contributed by atoms with Crippen molar-refractivity contribution < 1.29 is 36.6 Å². The van der Waals surface area contributed by atoms with Crippen molar-refractivity contribution in [1.82, 2.24) is 4.98 Å². The van der Waals surface area contributed by atoms with Crippen LogP contribution in [-0.2, 0) is 12.8 Å². The Kier molecular flexibility index (Phi) is 8.82. The van der Waals surface area contributed by atoms with E-state index in [-0.39, 0.29) is 51.6 Å². The van der Waals surface area contributed by atoms with Crippen LogP contribution in [0.25, 0.3) is 11.1 Å². The van der Waals surface area contributed by atoms with Crippen molar-refractivity contribution in [3.8, 4) is 5.88 Å². The van der Waals surface area contributed by atoms with Gasteiger partial charge in [-0.05, 0) is 72.4 Å². The molecule has 1 aliphatic carbocycles. The number of ether oxygens (including phenoxy) is 1. The summed E-state index contributed by atoms with van der Waals surface area (Å²) in [5.41, 5.74) is 0.856. The predicted molar refractivity (Wildman–Crippen MR) is 126 cm³/mol. The van der Waals surface area contributed by atoms with Gasteiger partial charge in [0.2, 0.25) is 5.88 Å². The van der Waals surface area contributed by atoms with Gasteiger partial charge in [0.15, 0.2) is 0 Å². The van der Waals surface area contributed by atoms with E-state index in [2.05, 4.69) is 4.98 Å². The Bertz CT molecular complexity index is 1340. The monoisotopic (exact) mass is 533 g/mol. The SMILES string of the molecule is O=C(O)c1cc(F)cc(C2=C(c3cc(Cl)cnc3OCc3ccc(C(F)(F)F)cc3F)CCC2)c1.[NaH]. The molecule has 1 N–H and O–H groups in total. The second kappa shape index (κ2) is 11.3. The number of benzene rings is 2. The summed E-state index contributed by atoms with van der Waals surface area (Å²) in [6, 6.07) is 7.27. The number of alkyl halides is 3. The van der Waals surface area contributed by atoms with Crippen molar-refractivity contribution in [2.24, 2.45) is 0 Å². The molecule has 11 heteroatoms. The summed E-state index contributed by atoms with van der Waals surface area (Å²) in [4.78, 5) is 15.5. The van der Waals surface area contributed by atoms with Crippen LogP contribution in [0.4, 0.5) is 22.0 Å². The van der Waals surface area contributed by atoms with E-state index in [1.54, 1.807) is 6.07 Å². The summed E-state index contributed by atoms with van der Waals surface area (Å²) < 4.78 is 72.5.